The van der Waals surface area contributed by atoms with Crippen LogP contribution in [0.4, 0.5) is 0 Å². The number of carbonyl (C=O) groups is 1. The minimum absolute atomic E-state index is 0.295. The van der Waals surface area contributed by atoms with Gasteiger partial charge in [0.1, 0.15) is 18.8 Å². The van der Waals surface area contributed by atoms with E-state index in [4.69, 9.17) is 32.0 Å². The molecule has 0 spiro atoms. The number of rotatable bonds is 5. The molecule has 0 amide bonds. The molecule has 5 nitrogen and oxygen atoms in total. The van der Waals surface area contributed by atoms with Gasteiger partial charge in [-0.15, -0.1) is 11.6 Å². The highest BCUT2D eigenvalue weighted by Crippen LogP contribution is 2.02. The van der Waals surface area contributed by atoms with E-state index in [2.05, 4.69) is 0 Å². The Morgan fingerprint density at radius 1 is 1.33 bits per heavy atom. The maximum absolute atomic E-state index is 10.6. The van der Waals surface area contributed by atoms with Crippen molar-refractivity contribution >= 4 is 17.4 Å². The summed E-state index contributed by atoms with van der Waals surface area (Å²) < 4.78 is 0. The Morgan fingerprint density at radius 2 is 1.83 bits per heavy atom. The van der Waals surface area contributed by atoms with E-state index in [1.54, 1.807) is 0 Å². The smallest absolute Gasteiger partial charge is 0.189 e. The van der Waals surface area contributed by atoms with Crippen LogP contribution in [0.2, 0.25) is 0 Å². The second-order valence-corrected chi connectivity index (χ2v) is 2.59. The third-order valence-corrected chi connectivity index (χ3v) is 1.68. The minimum Gasteiger partial charge on any atom is -0.389 e. The second kappa shape index (κ2) is 5.45. The van der Waals surface area contributed by atoms with Crippen molar-refractivity contribution in [1.29, 1.82) is 0 Å². The van der Waals surface area contributed by atoms with Gasteiger partial charge in [-0.3, -0.25) is 4.79 Å². The summed E-state index contributed by atoms with van der Waals surface area (Å²) in [5, 5.41) is 35.0. The highest BCUT2D eigenvalue weighted by atomic mass is 35.5. The number of ketones is 1. The van der Waals surface area contributed by atoms with Crippen LogP contribution in [0.5, 0.6) is 0 Å². The van der Waals surface area contributed by atoms with Gasteiger partial charge in [0.25, 0.3) is 0 Å². The van der Waals surface area contributed by atoms with E-state index in [9.17, 15) is 4.79 Å². The van der Waals surface area contributed by atoms with Gasteiger partial charge in [-0.25, -0.2) is 0 Å². The first-order chi connectivity index (χ1) is 5.54. The van der Waals surface area contributed by atoms with Gasteiger partial charge in [-0.2, -0.15) is 0 Å². The number of aliphatic hydroxyl groups is 4. The van der Waals surface area contributed by atoms with E-state index in [1.807, 2.05) is 0 Å². The summed E-state index contributed by atoms with van der Waals surface area (Å²) in [6.45, 7) is -0.882. The molecule has 0 aliphatic rings. The quantitative estimate of drug-likeness (QED) is 0.379. The van der Waals surface area contributed by atoms with Crippen molar-refractivity contribution < 1.29 is 25.2 Å². The van der Waals surface area contributed by atoms with E-state index in [0.29, 0.717) is 0 Å². The van der Waals surface area contributed by atoms with Crippen molar-refractivity contribution in [2.24, 2.45) is 0 Å². The summed E-state index contributed by atoms with van der Waals surface area (Å²) in [7, 11) is 0. The molecule has 0 aromatic rings. The topological polar surface area (TPSA) is 98.0 Å². The molecule has 0 saturated heterocycles. The molecule has 0 aromatic carbocycles. The molecule has 72 valence electrons. The lowest BCUT2D eigenvalue weighted by Crippen LogP contribution is -2.44. The van der Waals surface area contributed by atoms with Crippen LogP contribution < -0.4 is 0 Å². The monoisotopic (exact) mass is 198 g/mol. The molecule has 0 aliphatic heterocycles. The van der Waals surface area contributed by atoms with Crippen molar-refractivity contribution in [3.05, 3.63) is 0 Å². The zero-order valence-electron chi connectivity index (χ0n) is 6.22. The SMILES string of the molecule is O=C(CO)[C@@H](O)[C@H](O)[C@H](O)CCl. The number of hydrogen-bond donors (Lipinski definition) is 4. The maximum atomic E-state index is 10.6. The average Bonchev–Trinajstić information content (AvgIpc) is 2.12. The fraction of sp³-hybridized carbons (Fsp3) is 0.833. The molecule has 4 N–H and O–H groups in total. The van der Waals surface area contributed by atoms with Gasteiger partial charge < -0.3 is 20.4 Å². The van der Waals surface area contributed by atoms with Crippen LogP contribution in [0.25, 0.3) is 0 Å². The molecule has 6 heteroatoms. The van der Waals surface area contributed by atoms with Crippen LogP contribution in [0, 0.1) is 0 Å². The molecule has 0 fully saturated rings. The summed E-state index contributed by atoms with van der Waals surface area (Å²) in [5.74, 6) is -1.25. The Bertz CT molecular complexity index is 151. The van der Waals surface area contributed by atoms with E-state index >= 15 is 0 Å². The summed E-state index contributed by atoms with van der Waals surface area (Å²) >= 11 is 5.14. The molecule has 0 radical (unpaired) electrons. The minimum atomic E-state index is -1.79. The molecular formula is C6H11ClO5. The van der Waals surface area contributed by atoms with E-state index in [0.717, 1.165) is 0 Å². The molecular weight excluding hydrogens is 188 g/mol. The van der Waals surface area contributed by atoms with Crippen molar-refractivity contribution in [3.63, 3.8) is 0 Å². The van der Waals surface area contributed by atoms with Crippen LogP contribution in [0.15, 0.2) is 0 Å². The van der Waals surface area contributed by atoms with Crippen LogP contribution >= 0.6 is 11.6 Å². The lowest BCUT2D eigenvalue weighted by atomic mass is 10.1. The first-order valence-electron chi connectivity index (χ1n) is 3.28. The fourth-order valence-corrected chi connectivity index (χ4v) is 0.768. The van der Waals surface area contributed by atoms with Gasteiger partial charge in [0.2, 0.25) is 0 Å². The standard InChI is InChI=1S/C6H11ClO5/c7-1-3(9)5(11)6(12)4(10)2-8/h3,5-6,8-9,11-12H,1-2H2/t3-,5-,6-/m1/s1. The summed E-state index contributed by atoms with van der Waals surface area (Å²) in [6.07, 6.45) is -4.82. The van der Waals surface area contributed by atoms with E-state index < -0.39 is 30.7 Å². The molecule has 0 aliphatic carbocycles. The van der Waals surface area contributed by atoms with Gasteiger partial charge >= 0.3 is 0 Å². The van der Waals surface area contributed by atoms with Gasteiger partial charge in [-0.1, -0.05) is 0 Å². The van der Waals surface area contributed by atoms with Crippen molar-refractivity contribution in [3.8, 4) is 0 Å². The summed E-state index contributed by atoms with van der Waals surface area (Å²) in [4.78, 5) is 10.6. The average molecular weight is 199 g/mol. The van der Waals surface area contributed by atoms with Crippen molar-refractivity contribution in [2.75, 3.05) is 12.5 Å². The van der Waals surface area contributed by atoms with Gasteiger partial charge in [0.15, 0.2) is 5.78 Å². The largest absolute Gasteiger partial charge is 0.389 e. The number of aliphatic hydroxyl groups excluding tert-OH is 4. The Kier molecular flexibility index (Phi) is 5.36. The molecule has 12 heavy (non-hydrogen) atoms. The number of alkyl halides is 1. The predicted octanol–water partition coefficient (Wildman–Crippen LogP) is -2.13. The van der Waals surface area contributed by atoms with Crippen molar-refractivity contribution in [2.45, 2.75) is 18.3 Å². The van der Waals surface area contributed by atoms with Crippen LogP contribution in [-0.4, -0.2) is 57.0 Å². The number of Topliss-reactive ketones (excluding diaryl/α,β-unsaturated/α-hetero) is 1. The number of carbonyl (C=O) groups excluding carboxylic acids is 1. The highest BCUT2D eigenvalue weighted by molar-refractivity contribution is 6.18. The Hall–Kier alpha value is -0.200. The molecule has 0 bridgehead atoms. The van der Waals surface area contributed by atoms with E-state index in [1.165, 1.54) is 0 Å². The summed E-state index contributed by atoms with van der Waals surface area (Å²) in [5.41, 5.74) is 0. The van der Waals surface area contributed by atoms with Gasteiger partial charge in [0, 0.05) is 0 Å². The fourth-order valence-electron chi connectivity index (χ4n) is 0.586. The molecule has 3 atom stereocenters. The lowest BCUT2D eigenvalue weighted by Gasteiger charge is -2.19. The molecule has 0 heterocycles. The molecule has 0 unspecified atom stereocenters. The van der Waals surface area contributed by atoms with Crippen LogP contribution in [0.1, 0.15) is 0 Å². The number of halogens is 1. The lowest BCUT2D eigenvalue weighted by molar-refractivity contribution is -0.140. The molecule has 0 saturated carbocycles. The molecule has 0 aromatic heterocycles. The van der Waals surface area contributed by atoms with Crippen LogP contribution in [-0.2, 0) is 4.79 Å². The zero-order chi connectivity index (χ0) is 9.72. The Balaban J connectivity index is 4.08. The molecule has 0 rings (SSSR count). The number of hydrogen-bond acceptors (Lipinski definition) is 5. The summed E-state index contributed by atoms with van der Waals surface area (Å²) in [6, 6.07) is 0. The van der Waals surface area contributed by atoms with E-state index in [-0.39, 0.29) is 5.88 Å². The van der Waals surface area contributed by atoms with Gasteiger partial charge in [0.05, 0.1) is 12.0 Å². The predicted molar refractivity (Wildman–Crippen MR) is 40.8 cm³/mol. The Labute approximate surface area is 74.2 Å². The zero-order valence-corrected chi connectivity index (χ0v) is 6.98. The van der Waals surface area contributed by atoms with Crippen LogP contribution in [0.3, 0.4) is 0 Å². The Morgan fingerprint density at radius 3 is 2.17 bits per heavy atom. The third kappa shape index (κ3) is 3.04. The maximum Gasteiger partial charge on any atom is 0.189 e. The second-order valence-electron chi connectivity index (χ2n) is 2.28. The first kappa shape index (κ1) is 11.8. The van der Waals surface area contributed by atoms with Crippen molar-refractivity contribution in [1.82, 2.24) is 0 Å². The normalized spacial score (nSPS) is 18.4. The third-order valence-electron chi connectivity index (χ3n) is 1.36. The first-order valence-corrected chi connectivity index (χ1v) is 3.81. The highest BCUT2D eigenvalue weighted by Gasteiger charge is 2.28. The van der Waals surface area contributed by atoms with Gasteiger partial charge in [-0.05, 0) is 0 Å².